The fourth-order valence-corrected chi connectivity index (χ4v) is 12.5. The van der Waals surface area contributed by atoms with Crippen LogP contribution in [0.1, 0.15) is 76.6 Å². The summed E-state index contributed by atoms with van der Waals surface area (Å²) in [6.45, 7) is 10.2. The molecule has 12 nitrogen and oxygen atoms in total. The molecule has 9 rings (SSSR count). The second-order valence-electron chi connectivity index (χ2n) is 18.2. The predicted octanol–water partition coefficient (Wildman–Crippen LogP) is 6.26. The number of rotatable bonds is 6. The Morgan fingerprint density at radius 2 is 1.93 bits per heavy atom. The second-order valence-corrected chi connectivity index (χ2v) is 20.7. The van der Waals surface area contributed by atoms with Crippen molar-refractivity contribution in [1.82, 2.24) is 19.1 Å². The molecule has 2 saturated heterocycles. The van der Waals surface area contributed by atoms with E-state index in [9.17, 15) is 13.8 Å². The largest absolute Gasteiger partial charge is 0.490 e. The molecule has 60 heavy (non-hydrogen) atoms. The molecular formula is C46H59ClN6O6S. The van der Waals surface area contributed by atoms with Crippen molar-refractivity contribution in [2.45, 2.75) is 69.6 Å². The van der Waals surface area contributed by atoms with E-state index in [1.807, 2.05) is 42.8 Å². The summed E-state index contributed by atoms with van der Waals surface area (Å²) in [6, 6.07) is 14.1. The standard InChI is InChI=1S/C46H59ClN6O6S/c1-31-6-4-8-42(57-3)39-12-9-34(39)24-53-29-46(15-5-7-32-20-36(47)11-13-40(32)46)30-59-43-14-10-33(22-41(43)53)44(54)48-60(56,28-31)49-45(55)35-21-37(50(2)23-35)25-51-16-18-52(19-17-51)38-26-58-27-38/h4,8,10-11,13-14,20-23,31,34,38-39,42H,5-7,9,12,15-19,24-30H2,1-3H3,(H,48,49,54,55,56)/b8-4+/t31-,34-,39+,42-,46-,60-/m0/s1. The van der Waals surface area contributed by atoms with E-state index in [0.717, 1.165) is 101 Å². The first-order chi connectivity index (χ1) is 29.0. The van der Waals surface area contributed by atoms with Gasteiger partial charge >= 0.3 is 0 Å². The fourth-order valence-electron chi connectivity index (χ4n) is 10.4. The number of methoxy groups -OCH3 is 1. The molecule has 1 N–H and O–H groups in total. The van der Waals surface area contributed by atoms with Gasteiger partial charge in [-0.05, 0) is 104 Å². The highest BCUT2D eigenvalue weighted by Gasteiger charge is 2.44. The lowest BCUT2D eigenvalue weighted by atomic mass is 9.68. The molecule has 322 valence electrons. The number of nitrogens with one attached hydrogen (secondary N) is 1. The number of fused-ring (bicyclic) bond motifs is 4. The van der Waals surface area contributed by atoms with Gasteiger partial charge in [0.2, 0.25) is 0 Å². The molecule has 1 saturated carbocycles. The Morgan fingerprint density at radius 3 is 2.68 bits per heavy atom. The quantitative estimate of drug-likeness (QED) is 0.287. The van der Waals surface area contributed by atoms with Crippen molar-refractivity contribution in [3.63, 3.8) is 0 Å². The summed E-state index contributed by atoms with van der Waals surface area (Å²) in [7, 11) is 0.143. The van der Waals surface area contributed by atoms with Gasteiger partial charge in [-0.25, -0.2) is 4.21 Å². The lowest BCUT2D eigenvalue weighted by Gasteiger charge is -2.46. The van der Waals surface area contributed by atoms with Crippen LogP contribution >= 0.6 is 11.6 Å². The van der Waals surface area contributed by atoms with Crippen LogP contribution in [0.2, 0.25) is 5.02 Å². The number of halogens is 1. The minimum Gasteiger partial charge on any atom is -0.490 e. The van der Waals surface area contributed by atoms with E-state index in [2.05, 4.69) is 48.1 Å². The van der Waals surface area contributed by atoms with Crippen LogP contribution in [0.3, 0.4) is 0 Å². The Morgan fingerprint density at radius 1 is 1.10 bits per heavy atom. The van der Waals surface area contributed by atoms with Crippen molar-refractivity contribution < 1.29 is 28.0 Å². The number of carbonyl (C=O) groups excluding carboxylic acids is 2. The van der Waals surface area contributed by atoms with E-state index in [1.54, 1.807) is 19.4 Å². The highest BCUT2D eigenvalue weighted by atomic mass is 35.5. The van der Waals surface area contributed by atoms with Gasteiger partial charge < -0.3 is 23.7 Å². The third-order valence-electron chi connectivity index (χ3n) is 14.1. The van der Waals surface area contributed by atoms with Gasteiger partial charge in [0.25, 0.3) is 11.8 Å². The van der Waals surface area contributed by atoms with E-state index in [1.165, 1.54) is 11.1 Å². The van der Waals surface area contributed by atoms with Crippen molar-refractivity contribution in [3.05, 3.63) is 93.8 Å². The summed E-state index contributed by atoms with van der Waals surface area (Å²) in [5.41, 5.74) is 4.79. The normalized spacial score (nSPS) is 30.8. The zero-order chi connectivity index (χ0) is 41.6. The maximum absolute atomic E-state index is 14.9. The lowest BCUT2D eigenvalue weighted by molar-refractivity contribution is -0.0775. The summed E-state index contributed by atoms with van der Waals surface area (Å²) in [5, 5.41) is 0.743. The van der Waals surface area contributed by atoms with Gasteiger partial charge in [0, 0.05) is 87.9 Å². The number of benzene rings is 2. The van der Waals surface area contributed by atoms with Crippen molar-refractivity contribution in [2.75, 3.05) is 76.9 Å². The number of aromatic nitrogens is 1. The molecule has 2 aromatic carbocycles. The van der Waals surface area contributed by atoms with Crippen LogP contribution in [0.25, 0.3) is 0 Å². The maximum Gasteiger partial charge on any atom is 0.286 e. The van der Waals surface area contributed by atoms with Crippen molar-refractivity contribution in [1.29, 1.82) is 0 Å². The summed E-state index contributed by atoms with van der Waals surface area (Å²) in [4.78, 5) is 35.6. The second kappa shape index (κ2) is 17.2. The van der Waals surface area contributed by atoms with Gasteiger partial charge in [0.05, 0.1) is 49.0 Å². The summed E-state index contributed by atoms with van der Waals surface area (Å²) in [5.74, 6) is 0.156. The lowest BCUT2D eigenvalue weighted by Crippen LogP contribution is -2.56. The number of ether oxygens (including phenoxy) is 3. The molecule has 3 aromatic rings. The number of allylic oxidation sites excluding steroid dienone is 1. The Hall–Kier alpha value is -3.72. The number of anilines is 1. The van der Waals surface area contributed by atoms with Crippen molar-refractivity contribution >= 4 is 39.0 Å². The molecule has 0 radical (unpaired) electrons. The number of carbonyl (C=O) groups is 2. The van der Waals surface area contributed by atoms with Gasteiger partial charge in [-0.2, -0.15) is 0 Å². The van der Waals surface area contributed by atoms with E-state index in [0.29, 0.717) is 54.3 Å². The van der Waals surface area contributed by atoms with E-state index in [4.69, 9.17) is 25.8 Å². The highest BCUT2D eigenvalue weighted by Crippen LogP contribution is 2.47. The number of aryl methyl sites for hydroxylation is 2. The zero-order valence-corrected chi connectivity index (χ0v) is 36.7. The first-order valence-corrected chi connectivity index (χ1v) is 23.8. The topological polar surface area (TPSA) is 118 Å². The predicted molar refractivity (Wildman–Crippen MR) is 234 cm³/mol. The molecule has 2 amide bonds. The van der Waals surface area contributed by atoms with Crippen LogP contribution in [-0.4, -0.2) is 114 Å². The number of piperazine rings is 1. The summed E-state index contributed by atoms with van der Waals surface area (Å²) >= 11 is 6.50. The fraction of sp³-hybridized carbons (Fsp3) is 0.565. The Balaban J connectivity index is 1.01. The van der Waals surface area contributed by atoms with Crippen molar-refractivity contribution in [3.8, 4) is 5.75 Å². The smallest absolute Gasteiger partial charge is 0.286 e. The van der Waals surface area contributed by atoms with E-state index >= 15 is 0 Å². The molecule has 3 fully saturated rings. The first-order valence-electron chi connectivity index (χ1n) is 21.8. The number of hydrogen-bond donors (Lipinski definition) is 1. The van der Waals surface area contributed by atoms with Crippen LogP contribution in [0, 0.1) is 17.8 Å². The molecule has 14 heteroatoms. The minimum atomic E-state index is -3.56. The van der Waals surface area contributed by atoms with Gasteiger partial charge in [-0.3, -0.25) is 24.1 Å². The highest BCUT2D eigenvalue weighted by molar-refractivity contribution is 7.92. The number of nitrogens with zero attached hydrogens (tertiary/aromatic N) is 5. The number of hydrogen-bond acceptors (Lipinski definition) is 9. The molecule has 2 bridgehead atoms. The first kappa shape index (κ1) is 41.6. The van der Waals surface area contributed by atoms with Crippen LogP contribution in [0.4, 0.5) is 5.69 Å². The Kier molecular flexibility index (Phi) is 11.9. The van der Waals surface area contributed by atoms with Gasteiger partial charge in [-0.15, -0.1) is 4.36 Å². The molecule has 2 aliphatic carbocycles. The van der Waals surface area contributed by atoms with E-state index < -0.39 is 21.7 Å². The summed E-state index contributed by atoms with van der Waals surface area (Å²) in [6.07, 6.45) is 11.7. The molecule has 4 aliphatic heterocycles. The van der Waals surface area contributed by atoms with Crippen LogP contribution in [0.15, 0.2) is 65.2 Å². The van der Waals surface area contributed by atoms with Crippen molar-refractivity contribution in [2.24, 2.45) is 29.2 Å². The van der Waals surface area contributed by atoms with Gasteiger partial charge in [-0.1, -0.05) is 36.7 Å². The Bertz CT molecular complexity index is 2260. The molecule has 6 atom stereocenters. The molecule has 1 spiro atoms. The number of amides is 2. The molecule has 1 aromatic heterocycles. The van der Waals surface area contributed by atoms with E-state index in [-0.39, 0.29) is 23.2 Å². The van der Waals surface area contributed by atoms with Crippen LogP contribution in [-0.2, 0) is 44.8 Å². The molecule has 5 heterocycles. The average Bonchev–Trinajstić information content (AvgIpc) is 3.48. The molecule has 0 unspecified atom stereocenters. The Labute approximate surface area is 359 Å². The molecule has 6 aliphatic rings. The third-order valence-corrected chi connectivity index (χ3v) is 16.3. The molecular weight excluding hydrogens is 800 g/mol. The van der Waals surface area contributed by atoms with Crippen LogP contribution < -0.4 is 14.4 Å². The zero-order valence-electron chi connectivity index (χ0n) is 35.2. The average molecular weight is 860 g/mol. The SMILES string of the molecule is CO[C@H]1/C=C/C[C@H](C)C[S@@](=O)(NC(=O)c2cc(CN3CCN(C4COC4)CC3)n(C)c2)=NC(=O)c2ccc3c(c2)N(C[C@@H]2CC[C@H]21)C[C@@]1(CCCc2cc(Cl)ccc21)CO3. The third kappa shape index (κ3) is 8.55. The van der Waals surface area contributed by atoms with Crippen LogP contribution in [0.5, 0.6) is 5.75 Å². The maximum atomic E-state index is 14.9. The minimum absolute atomic E-state index is 0.0145. The monoisotopic (exact) mass is 858 g/mol. The van der Waals surface area contributed by atoms with Gasteiger partial charge in [0.1, 0.15) is 15.7 Å². The van der Waals surface area contributed by atoms with Gasteiger partial charge in [0.15, 0.2) is 0 Å². The summed E-state index contributed by atoms with van der Waals surface area (Å²) < 4.78 is 42.3.